The zero-order valence-electron chi connectivity index (χ0n) is 12.7. The molecule has 6 nitrogen and oxygen atoms in total. The fourth-order valence-corrected chi connectivity index (χ4v) is 2.39. The van der Waals surface area contributed by atoms with E-state index in [2.05, 4.69) is 10.6 Å². The first-order valence-corrected chi connectivity index (χ1v) is 7.68. The Labute approximate surface area is 130 Å². The first-order chi connectivity index (χ1) is 10.6. The Morgan fingerprint density at radius 1 is 1.14 bits per heavy atom. The summed E-state index contributed by atoms with van der Waals surface area (Å²) in [5.41, 5.74) is 1.05. The molecule has 1 aromatic carbocycles. The van der Waals surface area contributed by atoms with Crippen LogP contribution in [0.15, 0.2) is 24.3 Å². The van der Waals surface area contributed by atoms with Crippen LogP contribution in [0.3, 0.4) is 0 Å². The van der Waals surface area contributed by atoms with E-state index in [1.165, 1.54) is 0 Å². The summed E-state index contributed by atoms with van der Waals surface area (Å²) >= 11 is 0. The Morgan fingerprint density at radius 3 is 2.50 bits per heavy atom. The first kappa shape index (κ1) is 16.3. The fraction of sp³-hybridized carbons (Fsp3) is 0.500. The molecule has 22 heavy (non-hydrogen) atoms. The summed E-state index contributed by atoms with van der Waals surface area (Å²) in [4.78, 5) is 25.5. The van der Waals surface area contributed by atoms with Crippen LogP contribution in [0.1, 0.15) is 18.4 Å². The van der Waals surface area contributed by atoms with Crippen molar-refractivity contribution in [3.8, 4) is 5.75 Å². The van der Waals surface area contributed by atoms with Crippen LogP contribution in [-0.2, 0) is 16.0 Å². The van der Waals surface area contributed by atoms with Crippen LogP contribution >= 0.6 is 0 Å². The van der Waals surface area contributed by atoms with Gasteiger partial charge in [0.2, 0.25) is 11.8 Å². The Balaban J connectivity index is 1.61. The third-order valence-corrected chi connectivity index (χ3v) is 3.71. The molecule has 0 saturated carbocycles. The van der Waals surface area contributed by atoms with Gasteiger partial charge in [-0.1, -0.05) is 12.1 Å². The molecule has 0 atom stereocenters. The van der Waals surface area contributed by atoms with Gasteiger partial charge in [0.05, 0.1) is 0 Å². The molecule has 6 heteroatoms. The van der Waals surface area contributed by atoms with Gasteiger partial charge in [-0.05, 0) is 24.1 Å². The summed E-state index contributed by atoms with van der Waals surface area (Å²) in [5.74, 6) is 0.191. The summed E-state index contributed by atoms with van der Waals surface area (Å²) in [5, 5.41) is 15.2. The highest BCUT2D eigenvalue weighted by Crippen LogP contribution is 2.09. The molecule has 0 aliphatic carbocycles. The Hall–Kier alpha value is -2.08. The summed E-state index contributed by atoms with van der Waals surface area (Å²) < 4.78 is 0. The highest BCUT2D eigenvalue weighted by atomic mass is 16.3. The zero-order chi connectivity index (χ0) is 15.8. The molecular formula is C16H23N3O3. The number of nitrogens with zero attached hydrogens (tertiary/aromatic N) is 1. The normalized spacial score (nSPS) is 14.6. The topological polar surface area (TPSA) is 81.7 Å². The lowest BCUT2D eigenvalue weighted by Crippen LogP contribution is -2.46. The van der Waals surface area contributed by atoms with Crippen LogP contribution in [0, 0.1) is 0 Å². The number of hydrogen-bond donors (Lipinski definition) is 3. The minimum absolute atomic E-state index is 0.0511. The van der Waals surface area contributed by atoms with Gasteiger partial charge in [0.15, 0.2) is 0 Å². The van der Waals surface area contributed by atoms with Crippen molar-refractivity contribution in [3.63, 3.8) is 0 Å². The summed E-state index contributed by atoms with van der Waals surface area (Å²) in [6.07, 6.45) is 1.21. The van der Waals surface area contributed by atoms with Crippen molar-refractivity contribution >= 4 is 11.8 Å². The van der Waals surface area contributed by atoms with Gasteiger partial charge in [0.1, 0.15) is 5.75 Å². The van der Waals surface area contributed by atoms with E-state index in [1.54, 1.807) is 17.0 Å². The van der Waals surface area contributed by atoms with Gasteiger partial charge in [0.25, 0.3) is 0 Å². The highest BCUT2D eigenvalue weighted by molar-refractivity contribution is 5.83. The number of rotatable bonds is 6. The number of amides is 2. The SMILES string of the molecule is O=C(CCC(=O)N1CCNCC1)NCCc1ccc(O)cc1. The molecule has 0 unspecified atom stereocenters. The molecular weight excluding hydrogens is 282 g/mol. The standard InChI is InChI=1S/C16H23N3O3/c20-14-3-1-13(2-4-14)7-8-18-15(21)5-6-16(22)19-11-9-17-10-12-19/h1-4,17,20H,5-12H2,(H,18,21). The Bertz CT molecular complexity index is 496. The number of nitrogens with one attached hydrogen (secondary N) is 2. The van der Waals surface area contributed by atoms with Gasteiger partial charge in [0, 0.05) is 45.6 Å². The Kier molecular flexibility index (Phi) is 6.21. The van der Waals surface area contributed by atoms with Gasteiger partial charge >= 0.3 is 0 Å². The smallest absolute Gasteiger partial charge is 0.223 e. The van der Waals surface area contributed by atoms with Crippen LogP contribution in [0.5, 0.6) is 5.75 Å². The van der Waals surface area contributed by atoms with Crippen LogP contribution in [0.2, 0.25) is 0 Å². The van der Waals surface area contributed by atoms with Crippen molar-refractivity contribution in [3.05, 3.63) is 29.8 Å². The van der Waals surface area contributed by atoms with Crippen LogP contribution in [0.25, 0.3) is 0 Å². The maximum atomic E-state index is 11.9. The number of carbonyl (C=O) groups excluding carboxylic acids is 2. The number of piperazine rings is 1. The van der Waals surface area contributed by atoms with Gasteiger partial charge in [-0.25, -0.2) is 0 Å². The van der Waals surface area contributed by atoms with E-state index in [4.69, 9.17) is 0 Å². The zero-order valence-corrected chi connectivity index (χ0v) is 12.7. The number of phenolic OH excluding ortho intramolecular Hbond substituents is 1. The van der Waals surface area contributed by atoms with E-state index in [9.17, 15) is 14.7 Å². The average Bonchev–Trinajstić information content (AvgIpc) is 2.55. The molecule has 1 aromatic rings. The number of carbonyl (C=O) groups is 2. The molecule has 3 N–H and O–H groups in total. The van der Waals surface area contributed by atoms with E-state index < -0.39 is 0 Å². The molecule has 2 amide bonds. The fourth-order valence-electron chi connectivity index (χ4n) is 2.39. The van der Waals surface area contributed by atoms with Crippen molar-refractivity contribution in [1.82, 2.24) is 15.5 Å². The van der Waals surface area contributed by atoms with Crippen LogP contribution in [0.4, 0.5) is 0 Å². The molecule has 120 valence electrons. The summed E-state index contributed by atoms with van der Waals surface area (Å²) in [6, 6.07) is 6.91. The molecule has 0 radical (unpaired) electrons. The van der Waals surface area contributed by atoms with Gasteiger partial charge in [-0.3, -0.25) is 9.59 Å². The molecule has 1 aliphatic rings. The van der Waals surface area contributed by atoms with Gasteiger partial charge in [-0.15, -0.1) is 0 Å². The van der Waals surface area contributed by atoms with E-state index >= 15 is 0 Å². The maximum Gasteiger partial charge on any atom is 0.223 e. The second kappa shape index (κ2) is 8.38. The van der Waals surface area contributed by atoms with Crippen LogP contribution < -0.4 is 10.6 Å². The van der Waals surface area contributed by atoms with Gasteiger partial charge < -0.3 is 20.6 Å². The minimum atomic E-state index is -0.0951. The molecule has 1 fully saturated rings. The summed E-state index contributed by atoms with van der Waals surface area (Å²) in [7, 11) is 0. The maximum absolute atomic E-state index is 11.9. The molecule has 1 saturated heterocycles. The molecule has 1 heterocycles. The lowest BCUT2D eigenvalue weighted by molar-refractivity contribution is -0.134. The largest absolute Gasteiger partial charge is 0.508 e. The second-order valence-electron chi connectivity index (χ2n) is 5.40. The van der Waals surface area contributed by atoms with E-state index in [0.29, 0.717) is 13.0 Å². The number of benzene rings is 1. The van der Waals surface area contributed by atoms with Crippen molar-refractivity contribution < 1.29 is 14.7 Å². The average molecular weight is 305 g/mol. The third-order valence-electron chi connectivity index (χ3n) is 3.71. The lowest BCUT2D eigenvalue weighted by Gasteiger charge is -2.27. The number of aromatic hydroxyl groups is 1. The number of hydrogen-bond acceptors (Lipinski definition) is 4. The first-order valence-electron chi connectivity index (χ1n) is 7.68. The molecule has 0 aromatic heterocycles. The van der Waals surface area contributed by atoms with Crippen molar-refractivity contribution in [2.45, 2.75) is 19.3 Å². The molecule has 2 rings (SSSR count). The van der Waals surface area contributed by atoms with Crippen molar-refractivity contribution in [2.75, 3.05) is 32.7 Å². The quantitative estimate of drug-likeness (QED) is 0.704. The van der Waals surface area contributed by atoms with Crippen LogP contribution in [-0.4, -0.2) is 54.5 Å². The second-order valence-corrected chi connectivity index (χ2v) is 5.40. The monoisotopic (exact) mass is 305 g/mol. The molecule has 0 bridgehead atoms. The Morgan fingerprint density at radius 2 is 1.82 bits per heavy atom. The predicted molar refractivity (Wildman–Crippen MR) is 83.5 cm³/mol. The third kappa shape index (κ3) is 5.37. The lowest BCUT2D eigenvalue weighted by atomic mass is 10.1. The summed E-state index contributed by atoms with van der Waals surface area (Å²) in [6.45, 7) is 3.63. The van der Waals surface area contributed by atoms with E-state index in [0.717, 1.165) is 31.7 Å². The minimum Gasteiger partial charge on any atom is -0.508 e. The van der Waals surface area contributed by atoms with Crippen molar-refractivity contribution in [1.29, 1.82) is 0 Å². The van der Waals surface area contributed by atoms with Gasteiger partial charge in [-0.2, -0.15) is 0 Å². The molecule has 0 spiro atoms. The van der Waals surface area contributed by atoms with E-state index in [-0.39, 0.29) is 30.4 Å². The van der Waals surface area contributed by atoms with Crippen molar-refractivity contribution in [2.24, 2.45) is 0 Å². The highest BCUT2D eigenvalue weighted by Gasteiger charge is 2.16. The predicted octanol–water partition coefficient (Wildman–Crippen LogP) is 0.263. The number of phenols is 1. The molecule has 1 aliphatic heterocycles. The van der Waals surface area contributed by atoms with E-state index in [1.807, 2.05) is 12.1 Å².